The predicted octanol–water partition coefficient (Wildman–Crippen LogP) is 2.63. The summed E-state index contributed by atoms with van der Waals surface area (Å²) in [6.07, 6.45) is 3.30. The van der Waals surface area contributed by atoms with Gasteiger partial charge in [0.25, 0.3) is 0 Å². The average Bonchev–Trinajstić information content (AvgIpc) is 2.34. The van der Waals surface area contributed by atoms with E-state index in [1.165, 1.54) is 0 Å². The third kappa shape index (κ3) is 4.10. The molecule has 0 aromatic carbocycles. The van der Waals surface area contributed by atoms with Gasteiger partial charge in [0.1, 0.15) is 5.82 Å². The van der Waals surface area contributed by atoms with Crippen molar-refractivity contribution < 1.29 is 5.11 Å². The number of aliphatic hydroxyl groups excluding tert-OH is 1. The van der Waals surface area contributed by atoms with Crippen molar-refractivity contribution in [3.63, 3.8) is 0 Å². The molecule has 3 N–H and O–H groups in total. The first-order valence-electron chi connectivity index (χ1n) is 6.20. The van der Waals surface area contributed by atoms with E-state index in [9.17, 15) is 0 Å². The van der Waals surface area contributed by atoms with Crippen molar-refractivity contribution in [2.75, 3.05) is 23.8 Å². The molecule has 1 atom stereocenters. The van der Waals surface area contributed by atoms with Gasteiger partial charge in [-0.05, 0) is 42.6 Å². The van der Waals surface area contributed by atoms with Gasteiger partial charge in [-0.15, -0.1) is 0 Å². The Kier molecular flexibility index (Phi) is 5.81. The van der Waals surface area contributed by atoms with Crippen LogP contribution in [0.1, 0.15) is 33.6 Å². The summed E-state index contributed by atoms with van der Waals surface area (Å²) >= 11 is 3.44. The average molecular weight is 317 g/mol. The predicted molar refractivity (Wildman–Crippen MR) is 77.9 cm³/mol. The van der Waals surface area contributed by atoms with Gasteiger partial charge in [0.05, 0.1) is 4.47 Å². The standard InChI is InChI=1S/C12H21BrN4O/c1-4-12(3,6-7-18)17-10-9(13)8-15-11(16-10)14-5-2/h8,18H,4-7H2,1-3H3,(H2,14,15,16,17). The molecule has 0 saturated carbocycles. The molecule has 0 amide bonds. The van der Waals surface area contributed by atoms with Crippen LogP contribution in [0.3, 0.4) is 0 Å². The number of nitrogens with zero attached hydrogens (tertiary/aromatic N) is 2. The fourth-order valence-electron chi connectivity index (χ4n) is 1.56. The van der Waals surface area contributed by atoms with Gasteiger partial charge in [-0.1, -0.05) is 6.92 Å². The number of halogens is 1. The van der Waals surface area contributed by atoms with Crippen molar-refractivity contribution in [2.45, 2.75) is 39.2 Å². The van der Waals surface area contributed by atoms with Crippen molar-refractivity contribution in [1.82, 2.24) is 9.97 Å². The van der Waals surface area contributed by atoms with Crippen LogP contribution in [0.4, 0.5) is 11.8 Å². The molecule has 0 spiro atoms. The number of hydrogen-bond acceptors (Lipinski definition) is 5. The largest absolute Gasteiger partial charge is 0.396 e. The van der Waals surface area contributed by atoms with Gasteiger partial charge in [-0.3, -0.25) is 0 Å². The van der Waals surface area contributed by atoms with Gasteiger partial charge in [0, 0.05) is 24.9 Å². The summed E-state index contributed by atoms with van der Waals surface area (Å²) in [5.74, 6) is 1.35. The molecule has 1 rings (SSSR count). The lowest BCUT2D eigenvalue weighted by Crippen LogP contribution is -2.35. The zero-order valence-electron chi connectivity index (χ0n) is 11.1. The quantitative estimate of drug-likeness (QED) is 0.721. The Bertz CT molecular complexity index is 388. The van der Waals surface area contributed by atoms with Crippen LogP contribution in [0.25, 0.3) is 0 Å². The Morgan fingerprint density at radius 1 is 1.44 bits per heavy atom. The minimum Gasteiger partial charge on any atom is -0.396 e. The van der Waals surface area contributed by atoms with Gasteiger partial charge >= 0.3 is 0 Å². The number of aromatic nitrogens is 2. The Labute approximate surface area is 117 Å². The van der Waals surface area contributed by atoms with Gasteiger partial charge in [0.2, 0.25) is 5.95 Å². The van der Waals surface area contributed by atoms with E-state index >= 15 is 0 Å². The van der Waals surface area contributed by atoms with Crippen LogP contribution in [0.5, 0.6) is 0 Å². The molecule has 0 aliphatic rings. The number of rotatable bonds is 7. The summed E-state index contributed by atoms with van der Waals surface area (Å²) in [6, 6.07) is 0. The first-order chi connectivity index (χ1) is 8.54. The van der Waals surface area contributed by atoms with Crippen molar-refractivity contribution in [3.05, 3.63) is 10.7 Å². The van der Waals surface area contributed by atoms with Gasteiger partial charge in [0.15, 0.2) is 0 Å². The van der Waals surface area contributed by atoms with Crippen LogP contribution in [-0.2, 0) is 0 Å². The highest BCUT2D eigenvalue weighted by Gasteiger charge is 2.22. The fourth-order valence-corrected chi connectivity index (χ4v) is 1.85. The Morgan fingerprint density at radius 2 is 2.17 bits per heavy atom. The number of hydrogen-bond donors (Lipinski definition) is 3. The fraction of sp³-hybridized carbons (Fsp3) is 0.667. The summed E-state index contributed by atoms with van der Waals surface area (Å²) in [4.78, 5) is 8.59. The van der Waals surface area contributed by atoms with Gasteiger partial charge < -0.3 is 15.7 Å². The summed E-state index contributed by atoms with van der Waals surface area (Å²) in [7, 11) is 0. The highest BCUT2D eigenvalue weighted by molar-refractivity contribution is 9.10. The normalized spacial score (nSPS) is 14.1. The van der Waals surface area contributed by atoms with Crippen LogP contribution in [-0.4, -0.2) is 33.8 Å². The maximum Gasteiger partial charge on any atom is 0.224 e. The highest BCUT2D eigenvalue weighted by Crippen LogP contribution is 2.26. The molecule has 0 aliphatic carbocycles. The van der Waals surface area contributed by atoms with E-state index < -0.39 is 0 Å². The zero-order chi connectivity index (χ0) is 13.6. The van der Waals surface area contributed by atoms with Crippen molar-refractivity contribution in [1.29, 1.82) is 0 Å². The second-order valence-electron chi connectivity index (χ2n) is 4.43. The highest BCUT2D eigenvalue weighted by atomic mass is 79.9. The zero-order valence-corrected chi connectivity index (χ0v) is 12.7. The summed E-state index contributed by atoms with van der Waals surface area (Å²) in [5.41, 5.74) is -0.172. The van der Waals surface area contributed by atoms with Gasteiger partial charge in [-0.25, -0.2) is 4.98 Å². The summed E-state index contributed by atoms with van der Waals surface area (Å²) < 4.78 is 0.821. The Balaban J connectivity index is 2.90. The number of nitrogens with one attached hydrogen (secondary N) is 2. The molecule has 0 aliphatic heterocycles. The topological polar surface area (TPSA) is 70.1 Å². The molecule has 18 heavy (non-hydrogen) atoms. The van der Waals surface area contributed by atoms with E-state index in [0.717, 1.165) is 23.3 Å². The van der Waals surface area contributed by atoms with E-state index in [4.69, 9.17) is 5.11 Å². The molecular formula is C12H21BrN4O. The minimum absolute atomic E-state index is 0.153. The maximum atomic E-state index is 9.12. The second kappa shape index (κ2) is 6.89. The molecule has 102 valence electrons. The molecular weight excluding hydrogens is 296 g/mol. The summed E-state index contributed by atoms with van der Waals surface area (Å²) in [6.45, 7) is 7.09. The smallest absolute Gasteiger partial charge is 0.224 e. The van der Waals surface area contributed by atoms with Crippen LogP contribution >= 0.6 is 15.9 Å². The van der Waals surface area contributed by atoms with E-state index in [1.54, 1.807) is 6.20 Å². The van der Waals surface area contributed by atoms with Gasteiger partial charge in [-0.2, -0.15) is 4.98 Å². The molecule has 5 nitrogen and oxygen atoms in total. The maximum absolute atomic E-state index is 9.12. The van der Waals surface area contributed by atoms with Crippen LogP contribution < -0.4 is 10.6 Å². The number of anilines is 2. The monoisotopic (exact) mass is 316 g/mol. The molecule has 1 unspecified atom stereocenters. The molecule has 0 bridgehead atoms. The molecule has 6 heteroatoms. The molecule has 0 radical (unpaired) electrons. The third-order valence-electron chi connectivity index (χ3n) is 2.94. The molecule has 1 heterocycles. The van der Waals surface area contributed by atoms with E-state index in [1.807, 2.05) is 6.92 Å². The molecule has 0 saturated heterocycles. The lowest BCUT2D eigenvalue weighted by Gasteiger charge is -2.30. The molecule has 0 fully saturated rings. The Hall–Kier alpha value is -0.880. The second-order valence-corrected chi connectivity index (χ2v) is 5.29. The number of aliphatic hydroxyl groups is 1. The van der Waals surface area contributed by atoms with Crippen molar-refractivity contribution >= 4 is 27.7 Å². The lowest BCUT2D eigenvalue weighted by atomic mass is 9.95. The van der Waals surface area contributed by atoms with Crippen LogP contribution in [0, 0.1) is 0 Å². The Morgan fingerprint density at radius 3 is 2.72 bits per heavy atom. The van der Waals surface area contributed by atoms with Crippen LogP contribution in [0.15, 0.2) is 10.7 Å². The van der Waals surface area contributed by atoms with Crippen LogP contribution in [0.2, 0.25) is 0 Å². The molecule has 1 aromatic heterocycles. The molecule has 1 aromatic rings. The van der Waals surface area contributed by atoms with E-state index in [0.29, 0.717) is 12.4 Å². The lowest BCUT2D eigenvalue weighted by molar-refractivity contribution is 0.251. The van der Waals surface area contributed by atoms with Crippen molar-refractivity contribution in [2.24, 2.45) is 0 Å². The summed E-state index contributed by atoms with van der Waals surface area (Å²) in [5, 5.41) is 15.6. The van der Waals surface area contributed by atoms with E-state index in [2.05, 4.69) is 50.4 Å². The first kappa shape index (κ1) is 15.2. The minimum atomic E-state index is -0.172. The first-order valence-corrected chi connectivity index (χ1v) is 6.99. The van der Waals surface area contributed by atoms with Crippen molar-refractivity contribution in [3.8, 4) is 0 Å². The van der Waals surface area contributed by atoms with E-state index in [-0.39, 0.29) is 12.1 Å². The SMILES string of the molecule is CCNc1ncc(Br)c(NC(C)(CC)CCO)n1. The third-order valence-corrected chi connectivity index (χ3v) is 3.52.